The topological polar surface area (TPSA) is 25.4 Å². The Morgan fingerprint density at radius 2 is 1.85 bits per heavy atom. The third kappa shape index (κ3) is 3.60. The lowest BCUT2D eigenvalue weighted by Crippen LogP contribution is -2.28. The number of aromatic nitrogens is 1. The molecule has 0 radical (unpaired) electrons. The lowest BCUT2D eigenvalue weighted by Gasteiger charge is -2.24. The highest BCUT2D eigenvalue weighted by Gasteiger charge is 2.26. The molecule has 0 amide bonds. The summed E-state index contributed by atoms with van der Waals surface area (Å²) < 4.78 is 20.6. The van der Waals surface area contributed by atoms with E-state index in [1.807, 2.05) is 49.4 Å². The van der Waals surface area contributed by atoms with Crippen LogP contribution in [0.25, 0.3) is 0 Å². The summed E-state index contributed by atoms with van der Waals surface area (Å²) >= 11 is 0. The van der Waals surface area contributed by atoms with Gasteiger partial charge in [-0.05, 0) is 31.2 Å². The number of benzene rings is 2. The molecular weight excluding hydrogens is 327 g/mol. The van der Waals surface area contributed by atoms with Gasteiger partial charge in [-0.15, -0.1) is 0 Å². The number of ether oxygens (including phenoxy) is 1. The molecule has 2 aromatic carbocycles. The molecule has 0 saturated heterocycles. The molecule has 1 atom stereocenters. The fraction of sp³-hybridized carbons (Fsp3) is 0.227. The SMILES string of the molecule is Cc1cccc(CN2Cc3ccccc3OC(c3ccccc3F)C2)n1. The molecule has 0 spiro atoms. The van der Waals surface area contributed by atoms with Gasteiger partial charge in [-0.1, -0.05) is 42.5 Å². The van der Waals surface area contributed by atoms with Crippen LogP contribution >= 0.6 is 0 Å². The van der Waals surface area contributed by atoms with E-state index in [0.717, 1.165) is 29.2 Å². The van der Waals surface area contributed by atoms with Crippen LogP contribution in [0.1, 0.15) is 28.6 Å². The Hall–Kier alpha value is -2.72. The van der Waals surface area contributed by atoms with Crippen LogP contribution in [0.5, 0.6) is 5.75 Å². The molecule has 0 aliphatic carbocycles. The summed E-state index contributed by atoms with van der Waals surface area (Å²) in [6, 6.07) is 20.9. The first-order valence-corrected chi connectivity index (χ1v) is 8.83. The minimum Gasteiger partial charge on any atom is -0.484 e. The van der Waals surface area contributed by atoms with Gasteiger partial charge in [0.15, 0.2) is 0 Å². The van der Waals surface area contributed by atoms with Gasteiger partial charge in [-0.25, -0.2) is 4.39 Å². The van der Waals surface area contributed by atoms with Crippen LogP contribution in [-0.4, -0.2) is 16.4 Å². The summed E-state index contributed by atoms with van der Waals surface area (Å²) in [6.07, 6.45) is -0.357. The van der Waals surface area contributed by atoms with Gasteiger partial charge < -0.3 is 4.74 Å². The zero-order chi connectivity index (χ0) is 17.9. The number of pyridine rings is 1. The van der Waals surface area contributed by atoms with Crippen molar-refractivity contribution < 1.29 is 9.13 Å². The summed E-state index contributed by atoms with van der Waals surface area (Å²) in [6.45, 7) is 4.04. The average Bonchev–Trinajstić information content (AvgIpc) is 2.81. The van der Waals surface area contributed by atoms with Crippen LogP contribution < -0.4 is 4.74 Å². The zero-order valence-electron chi connectivity index (χ0n) is 14.7. The van der Waals surface area contributed by atoms with Crippen LogP contribution in [0.2, 0.25) is 0 Å². The van der Waals surface area contributed by atoms with E-state index in [-0.39, 0.29) is 11.9 Å². The van der Waals surface area contributed by atoms with Gasteiger partial charge in [0.1, 0.15) is 17.7 Å². The molecule has 3 nitrogen and oxygen atoms in total. The van der Waals surface area contributed by atoms with Gasteiger partial charge in [-0.2, -0.15) is 0 Å². The van der Waals surface area contributed by atoms with E-state index in [2.05, 4.69) is 16.0 Å². The van der Waals surface area contributed by atoms with E-state index in [1.54, 1.807) is 12.1 Å². The van der Waals surface area contributed by atoms with Crippen molar-refractivity contribution in [2.45, 2.75) is 26.1 Å². The zero-order valence-corrected chi connectivity index (χ0v) is 14.7. The number of hydrogen-bond acceptors (Lipinski definition) is 3. The van der Waals surface area contributed by atoms with Gasteiger partial charge in [0.2, 0.25) is 0 Å². The molecule has 1 aliphatic rings. The minimum absolute atomic E-state index is 0.231. The molecule has 1 unspecified atom stereocenters. The molecule has 132 valence electrons. The Balaban J connectivity index is 1.67. The number of hydrogen-bond donors (Lipinski definition) is 0. The quantitative estimate of drug-likeness (QED) is 0.688. The molecule has 0 bridgehead atoms. The van der Waals surface area contributed by atoms with Gasteiger partial charge in [-0.3, -0.25) is 9.88 Å². The fourth-order valence-corrected chi connectivity index (χ4v) is 3.42. The van der Waals surface area contributed by atoms with Crippen molar-refractivity contribution in [3.05, 3.63) is 95.1 Å². The van der Waals surface area contributed by atoms with Gasteiger partial charge in [0, 0.05) is 36.5 Å². The van der Waals surface area contributed by atoms with Crippen LogP contribution in [0.3, 0.4) is 0 Å². The van der Waals surface area contributed by atoms with E-state index >= 15 is 0 Å². The van der Waals surface area contributed by atoms with E-state index < -0.39 is 0 Å². The number of fused-ring (bicyclic) bond motifs is 1. The van der Waals surface area contributed by atoms with Crippen LogP contribution in [0.15, 0.2) is 66.7 Å². The van der Waals surface area contributed by atoms with Gasteiger partial charge >= 0.3 is 0 Å². The maximum absolute atomic E-state index is 14.4. The monoisotopic (exact) mass is 348 g/mol. The molecule has 26 heavy (non-hydrogen) atoms. The standard InChI is InChI=1S/C22H21FN2O/c1-16-7-6-9-18(24-16)14-25-13-17-8-2-5-12-21(17)26-22(15-25)19-10-3-4-11-20(19)23/h2-12,22H,13-15H2,1H3. The molecule has 1 aliphatic heterocycles. The maximum atomic E-state index is 14.4. The maximum Gasteiger partial charge on any atom is 0.139 e. The van der Waals surface area contributed by atoms with E-state index in [4.69, 9.17) is 4.74 Å². The summed E-state index contributed by atoms with van der Waals surface area (Å²) in [5.74, 6) is 0.589. The lowest BCUT2D eigenvalue weighted by atomic mass is 10.1. The predicted octanol–water partition coefficient (Wildman–Crippen LogP) is 4.67. The molecule has 2 heterocycles. The Bertz CT molecular complexity index is 912. The molecule has 0 fully saturated rings. The number of aryl methyl sites for hydroxylation is 1. The largest absolute Gasteiger partial charge is 0.484 e. The Morgan fingerprint density at radius 1 is 1.04 bits per heavy atom. The van der Waals surface area contributed by atoms with Crippen molar-refractivity contribution in [3.8, 4) is 5.75 Å². The Kier molecular flexibility index (Phi) is 4.67. The third-order valence-electron chi connectivity index (χ3n) is 4.64. The van der Waals surface area contributed by atoms with E-state index in [9.17, 15) is 4.39 Å². The normalized spacial score (nSPS) is 17.2. The first-order chi connectivity index (χ1) is 12.7. The second kappa shape index (κ2) is 7.26. The molecule has 0 N–H and O–H groups in total. The fourth-order valence-electron chi connectivity index (χ4n) is 3.42. The minimum atomic E-state index is -0.357. The van der Waals surface area contributed by atoms with Crippen molar-refractivity contribution in [2.24, 2.45) is 0 Å². The highest BCUT2D eigenvalue weighted by atomic mass is 19.1. The molecular formula is C22H21FN2O. The second-order valence-electron chi connectivity index (χ2n) is 6.68. The number of rotatable bonds is 3. The first kappa shape index (κ1) is 16.7. The molecule has 3 aromatic rings. The summed E-state index contributed by atoms with van der Waals surface area (Å²) in [7, 11) is 0. The highest BCUT2D eigenvalue weighted by Crippen LogP contribution is 2.32. The Morgan fingerprint density at radius 3 is 2.69 bits per heavy atom. The van der Waals surface area contributed by atoms with Crippen LogP contribution in [0, 0.1) is 12.7 Å². The Labute approximate surface area is 153 Å². The van der Waals surface area contributed by atoms with E-state index in [1.165, 1.54) is 6.07 Å². The average molecular weight is 348 g/mol. The molecule has 4 rings (SSSR count). The van der Waals surface area contributed by atoms with Gasteiger partial charge in [0.25, 0.3) is 0 Å². The second-order valence-corrected chi connectivity index (χ2v) is 6.68. The molecule has 4 heteroatoms. The number of halogens is 1. The molecule has 0 saturated carbocycles. The van der Waals surface area contributed by atoms with Crippen molar-refractivity contribution in [2.75, 3.05) is 6.54 Å². The smallest absolute Gasteiger partial charge is 0.139 e. The van der Waals surface area contributed by atoms with Crippen molar-refractivity contribution in [1.82, 2.24) is 9.88 Å². The highest BCUT2D eigenvalue weighted by molar-refractivity contribution is 5.35. The van der Waals surface area contributed by atoms with Crippen molar-refractivity contribution in [3.63, 3.8) is 0 Å². The lowest BCUT2D eigenvalue weighted by molar-refractivity contribution is 0.140. The third-order valence-corrected chi connectivity index (χ3v) is 4.64. The summed E-state index contributed by atoms with van der Waals surface area (Å²) in [4.78, 5) is 6.88. The number of para-hydroxylation sites is 1. The van der Waals surface area contributed by atoms with Crippen molar-refractivity contribution in [1.29, 1.82) is 0 Å². The number of nitrogens with zero attached hydrogens (tertiary/aromatic N) is 2. The van der Waals surface area contributed by atoms with E-state index in [0.29, 0.717) is 18.7 Å². The summed E-state index contributed by atoms with van der Waals surface area (Å²) in [5.41, 5.74) is 3.71. The van der Waals surface area contributed by atoms with Gasteiger partial charge in [0.05, 0.1) is 5.69 Å². The summed E-state index contributed by atoms with van der Waals surface area (Å²) in [5, 5.41) is 0. The predicted molar refractivity (Wildman–Crippen MR) is 99.3 cm³/mol. The van der Waals surface area contributed by atoms with Crippen LogP contribution in [0.4, 0.5) is 4.39 Å². The van der Waals surface area contributed by atoms with Crippen molar-refractivity contribution >= 4 is 0 Å². The van der Waals surface area contributed by atoms with Crippen LogP contribution in [-0.2, 0) is 13.1 Å². The first-order valence-electron chi connectivity index (χ1n) is 8.83. The molecule has 1 aromatic heterocycles.